The number of nitriles is 1. The predicted octanol–water partition coefficient (Wildman–Crippen LogP) is 4.03. The minimum absolute atomic E-state index is 0.645. The number of nitrogens with zero attached hydrogens (tertiary/aromatic N) is 2. The zero-order valence-corrected chi connectivity index (χ0v) is 12.0. The minimum atomic E-state index is 0.645. The van der Waals surface area contributed by atoms with Crippen molar-refractivity contribution in [3.05, 3.63) is 34.8 Å². The van der Waals surface area contributed by atoms with Crippen molar-refractivity contribution < 1.29 is 4.74 Å². The molecule has 4 heteroatoms. The molecule has 2 aromatic rings. The van der Waals surface area contributed by atoms with E-state index in [2.05, 4.69) is 18.0 Å². The fraction of sp³-hybridized carbons (Fsp3) is 0.333. The summed E-state index contributed by atoms with van der Waals surface area (Å²) in [5.74, 6) is 0.839. The molecule has 0 aliphatic heterocycles. The lowest BCUT2D eigenvalue weighted by molar-refractivity contribution is 0.340. The molecule has 0 atom stereocenters. The molecule has 98 valence electrons. The lowest BCUT2D eigenvalue weighted by Crippen LogP contribution is -1.91. The number of hydrogen-bond donors (Lipinski definition) is 0. The molecule has 1 heterocycles. The number of thiazole rings is 1. The zero-order chi connectivity index (χ0) is 13.7. The molecule has 0 radical (unpaired) electrons. The Hall–Kier alpha value is -1.86. The van der Waals surface area contributed by atoms with Crippen molar-refractivity contribution in [3.63, 3.8) is 0 Å². The van der Waals surface area contributed by atoms with Gasteiger partial charge in [0.1, 0.15) is 21.7 Å². The lowest BCUT2D eigenvalue weighted by Gasteiger charge is -2.03. The normalized spacial score (nSPS) is 10.2. The third kappa shape index (κ3) is 3.12. The predicted molar refractivity (Wildman–Crippen MR) is 77.4 cm³/mol. The van der Waals surface area contributed by atoms with Crippen molar-refractivity contribution >= 4 is 11.3 Å². The summed E-state index contributed by atoms with van der Waals surface area (Å²) in [5.41, 5.74) is 1.92. The van der Waals surface area contributed by atoms with Gasteiger partial charge in [-0.2, -0.15) is 5.26 Å². The van der Waals surface area contributed by atoms with Gasteiger partial charge in [-0.3, -0.25) is 0 Å². The first-order valence-corrected chi connectivity index (χ1v) is 7.23. The van der Waals surface area contributed by atoms with Crippen LogP contribution in [0.15, 0.2) is 24.3 Å². The standard InChI is InChI=1S/C15H16N2OS/c1-3-6-13-14(10-16)19-15(17-13)11-7-5-8-12(9-11)18-4-2/h5,7-9H,3-4,6H2,1-2H3. The van der Waals surface area contributed by atoms with E-state index in [0.29, 0.717) is 6.61 Å². The lowest BCUT2D eigenvalue weighted by atomic mass is 10.2. The van der Waals surface area contributed by atoms with Crippen LogP contribution in [0, 0.1) is 11.3 Å². The third-order valence-electron chi connectivity index (χ3n) is 2.68. The Bertz CT molecular complexity index is 598. The van der Waals surface area contributed by atoms with E-state index in [4.69, 9.17) is 10.00 Å². The van der Waals surface area contributed by atoms with Crippen LogP contribution in [-0.2, 0) is 6.42 Å². The highest BCUT2D eigenvalue weighted by Crippen LogP contribution is 2.30. The molecule has 0 fully saturated rings. The van der Waals surface area contributed by atoms with Crippen molar-refractivity contribution in [2.75, 3.05) is 6.61 Å². The monoisotopic (exact) mass is 272 g/mol. The van der Waals surface area contributed by atoms with Gasteiger partial charge in [0.25, 0.3) is 0 Å². The van der Waals surface area contributed by atoms with E-state index >= 15 is 0 Å². The van der Waals surface area contributed by atoms with Gasteiger partial charge in [-0.1, -0.05) is 25.5 Å². The van der Waals surface area contributed by atoms with E-state index < -0.39 is 0 Å². The Labute approximate surface area is 117 Å². The fourth-order valence-corrected chi connectivity index (χ4v) is 2.76. The number of ether oxygens (including phenoxy) is 1. The van der Waals surface area contributed by atoms with Crippen LogP contribution in [0.25, 0.3) is 10.6 Å². The molecule has 0 N–H and O–H groups in total. The second-order valence-electron chi connectivity index (χ2n) is 4.12. The van der Waals surface area contributed by atoms with E-state index in [1.807, 2.05) is 31.2 Å². The summed E-state index contributed by atoms with van der Waals surface area (Å²) in [5, 5.41) is 10.0. The molecule has 1 aromatic carbocycles. The van der Waals surface area contributed by atoms with Crippen molar-refractivity contribution in [1.29, 1.82) is 5.26 Å². The second-order valence-corrected chi connectivity index (χ2v) is 5.12. The van der Waals surface area contributed by atoms with Gasteiger partial charge in [-0.05, 0) is 25.5 Å². The quantitative estimate of drug-likeness (QED) is 0.825. The Morgan fingerprint density at radius 1 is 1.37 bits per heavy atom. The molecule has 0 aliphatic rings. The summed E-state index contributed by atoms with van der Waals surface area (Å²) < 4.78 is 5.49. The van der Waals surface area contributed by atoms with Gasteiger partial charge >= 0.3 is 0 Å². The van der Waals surface area contributed by atoms with Crippen LogP contribution >= 0.6 is 11.3 Å². The summed E-state index contributed by atoms with van der Waals surface area (Å²) >= 11 is 1.45. The van der Waals surface area contributed by atoms with Crippen molar-refractivity contribution in [1.82, 2.24) is 4.98 Å². The van der Waals surface area contributed by atoms with E-state index in [1.165, 1.54) is 11.3 Å². The van der Waals surface area contributed by atoms with Gasteiger partial charge in [0.15, 0.2) is 0 Å². The highest BCUT2D eigenvalue weighted by Gasteiger charge is 2.12. The maximum atomic E-state index is 9.14. The average Bonchev–Trinajstić information content (AvgIpc) is 2.83. The van der Waals surface area contributed by atoms with E-state index in [0.717, 1.165) is 39.7 Å². The SMILES string of the molecule is CCCc1nc(-c2cccc(OCC)c2)sc1C#N. The zero-order valence-electron chi connectivity index (χ0n) is 11.1. The summed E-state index contributed by atoms with van der Waals surface area (Å²) in [7, 11) is 0. The number of aromatic nitrogens is 1. The number of benzene rings is 1. The molecule has 2 rings (SSSR count). The van der Waals surface area contributed by atoms with Crippen molar-refractivity contribution in [2.45, 2.75) is 26.7 Å². The van der Waals surface area contributed by atoms with Crippen LogP contribution in [0.1, 0.15) is 30.8 Å². The maximum Gasteiger partial charge on any atom is 0.128 e. The second kappa shape index (κ2) is 6.35. The Kier molecular flexibility index (Phi) is 4.53. The molecule has 0 unspecified atom stereocenters. The highest BCUT2D eigenvalue weighted by molar-refractivity contribution is 7.15. The largest absolute Gasteiger partial charge is 0.494 e. The first kappa shape index (κ1) is 13.6. The molecule has 0 spiro atoms. The molecular weight excluding hydrogens is 256 g/mol. The van der Waals surface area contributed by atoms with Gasteiger partial charge < -0.3 is 4.74 Å². The van der Waals surface area contributed by atoms with E-state index in [1.54, 1.807) is 0 Å². The molecule has 0 saturated carbocycles. The number of rotatable bonds is 5. The van der Waals surface area contributed by atoms with E-state index in [-0.39, 0.29) is 0 Å². The topological polar surface area (TPSA) is 45.9 Å². The highest BCUT2D eigenvalue weighted by atomic mass is 32.1. The van der Waals surface area contributed by atoms with Gasteiger partial charge in [0.05, 0.1) is 12.3 Å². The molecule has 1 aromatic heterocycles. The van der Waals surface area contributed by atoms with E-state index in [9.17, 15) is 0 Å². The maximum absolute atomic E-state index is 9.14. The summed E-state index contributed by atoms with van der Waals surface area (Å²) in [6, 6.07) is 10.1. The summed E-state index contributed by atoms with van der Waals surface area (Å²) in [4.78, 5) is 5.30. The Morgan fingerprint density at radius 2 is 2.21 bits per heavy atom. The van der Waals surface area contributed by atoms with Crippen LogP contribution in [0.5, 0.6) is 5.75 Å². The van der Waals surface area contributed by atoms with Crippen LogP contribution in [0.3, 0.4) is 0 Å². The van der Waals surface area contributed by atoms with Crippen LogP contribution in [-0.4, -0.2) is 11.6 Å². The Morgan fingerprint density at radius 3 is 2.89 bits per heavy atom. The van der Waals surface area contributed by atoms with Crippen LogP contribution in [0.2, 0.25) is 0 Å². The molecular formula is C15H16N2OS. The molecule has 0 saturated heterocycles. The summed E-state index contributed by atoms with van der Waals surface area (Å²) in [6.07, 6.45) is 1.85. The first-order chi connectivity index (χ1) is 9.28. The molecule has 19 heavy (non-hydrogen) atoms. The molecule has 0 bridgehead atoms. The number of aryl methyl sites for hydroxylation is 1. The van der Waals surface area contributed by atoms with Gasteiger partial charge in [0, 0.05) is 5.56 Å². The Balaban J connectivity index is 2.36. The van der Waals surface area contributed by atoms with Gasteiger partial charge in [-0.15, -0.1) is 11.3 Å². The van der Waals surface area contributed by atoms with Crippen LogP contribution in [0.4, 0.5) is 0 Å². The minimum Gasteiger partial charge on any atom is -0.494 e. The molecule has 0 amide bonds. The van der Waals surface area contributed by atoms with Crippen molar-refractivity contribution in [2.24, 2.45) is 0 Å². The summed E-state index contributed by atoms with van der Waals surface area (Å²) in [6.45, 7) is 4.70. The smallest absolute Gasteiger partial charge is 0.128 e. The third-order valence-corrected chi connectivity index (χ3v) is 3.73. The first-order valence-electron chi connectivity index (χ1n) is 6.41. The fourth-order valence-electron chi connectivity index (χ4n) is 1.85. The van der Waals surface area contributed by atoms with Crippen LogP contribution < -0.4 is 4.74 Å². The molecule has 3 nitrogen and oxygen atoms in total. The van der Waals surface area contributed by atoms with Crippen molar-refractivity contribution in [3.8, 4) is 22.4 Å². The van der Waals surface area contributed by atoms with Gasteiger partial charge in [-0.25, -0.2) is 4.98 Å². The molecule has 0 aliphatic carbocycles. The number of hydrogen-bond acceptors (Lipinski definition) is 4. The average molecular weight is 272 g/mol. The van der Waals surface area contributed by atoms with Gasteiger partial charge in [0.2, 0.25) is 0 Å².